The first-order chi connectivity index (χ1) is 3.72. The Hall–Kier alpha value is -0.0800. The molecule has 1 fully saturated rings. The summed E-state index contributed by atoms with van der Waals surface area (Å²) in [6.45, 7) is 2.08. The van der Waals surface area contributed by atoms with Gasteiger partial charge in [0, 0.05) is 6.04 Å². The van der Waals surface area contributed by atoms with Crippen LogP contribution in [-0.4, -0.2) is 17.3 Å². The minimum absolute atomic E-state index is 0.0370. The van der Waals surface area contributed by atoms with E-state index in [9.17, 15) is 0 Å². The van der Waals surface area contributed by atoms with Crippen LogP contribution in [0.4, 0.5) is 0 Å². The van der Waals surface area contributed by atoms with Crippen LogP contribution in [0.1, 0.15) is 19.8 Å². The van der Waals surface area contributed by atoms with Crippen LogP contribution >= 0.6 is 0 Å². The Morgan fingerprint density at radius 1 is 1.50 bits per heavy atom. The Morgan fingerprint density at radius 2 is 2.12 bits per heavy atom. The molecule has 2 unspecified atom stereocenters. The van der Waals surface area contributed by atoms with Gasteiger partial charge in [0.1, 0.15) is 0 Å². The van der Waals surface area contributed by atoms with E-state index in [1.807, 2.05) is 0 Å². The maximum atomic E-state index is 9.04. The van der Waals surface area contributed by atoms with E-state index in [1.165, 1.54) is 0 Å². The molecule has 0 amide bonds. The van der Waals surface area contributed by atoms with Crippen LogP contribution in [0.15, 0.2) is 0 Å². The molecule has 2 heteroatoms. The second-order valence-electron chi connectivity index (χ2n) is 2.70. The maximum Gasteiger partial charge on any atom is 0.0693 e. The third-order valence-electron chi connectivity index (χ3n) is 2.02. The standard InChI is InChI=1S/C6H13NO/c1-4-2-3-5(8)6(4)7/h4-6,8H,2-3,7H2,1H3/t4-,5?,6?/m1/s1. The molecule has 0 bridgehead atoms. The first kappa shape index (κ1) is 6.05. The van der Waals surface area contributed by atoms with Crippen LogP contribution in [-0.2, 0) is 0 Å². The monoisotopic (exact) mass is 115 g/mol. The number of nitrogens with two attached hydrogens (primary N) is 1. The van der Waals surface area contributed by atoms with Crippen molar-refractivity contribution in [2.24, 2.45) is 11.7 Å². The summed E-state index contributed by atoms with van der Waals surface area (Å²) in [5, 5.41) is 9.04. The largest absolute Gasteiger partial charge is 0.392 e. The molecule has 1 aliphatic carbocycles. The number of aliphatic hydroxyl groups excluding tert-OH is 1. The van der Waals surface area contributed by atoms with Crippen molar-refractivity contribution >= 4 is 0 Å². The Bertz CT molecular complexity index is 74.6. The third-order valence-corrected chi connectivity index (χ3v) is 2.02. The Balaban J connectivity index is 2.44. The lowest BCUT2D eigenvalue weighted by Crippen LogP contribution is -2.33. The molecule has 0 radical (unpaired) electrons. The van der Waals surface area contributed by atoms with Gasteiger partial charge in [-0.05, 0) is 18.8 Å². The van der Waals surface area contributed by atoms with Crippen LogP contribution in [0, 0.1) is 5.92 Å². The summed E-state index contributed by atoms with van der Waals surface area (Å²) in [6, 6.07) is 0.0370. The minimum Gasteiger partial charge on any atom is -0.392 e. The summed E-state index contributed by atoms with van der Waals surface area (Å²) in [5.41, 5.74) is 5.57. The summed E-state index contributed by atoms with van der Waals surface area (Å²) in [4.78, 5) is 0. The average molecular weight is 115 g/mol. The molecule has 0 aromatic rings. The van der Waals surface area contributed by atoms with Gasteiger partial charge in [-0.2, -0.15) is 0 Å². The molecule has 0 aromatic heterocycles. The highest BCUT2D eigenvalue weighted by molar-refractivity contribution is 4.84. The molecule has 8 heavy (non-hydrogen) atoms. The second-order valence-corrected chi connectivity index (χ2v) is 2.70. The Morgan fingerprint density at radius 3 is 2.25 bits per heavy atom. The lowest BCUT2D eigenvalue weighted by atomic mass is 10.1. The molecular formula is C6H13NO. The van der Waals surface area contributed by atoms with E-state index in [-0.39, 0.29) is 12.1 Å². The highest BCUT2D eigenvalue weighted by Gasteiger charge is 2.27. The average Bonchev–Trinajstić information content (AvgIpc) is 1.98. The fourth-order valence-corrected chi connectivity index (χ4v) is 1.20. The fourth-order valence-electron chi connectivity index (χ4n) is 1.20. The lowest BCUT2D eigenvalue weighted by Gasteiger charge is -2.11. The summed E-state index contributed by atoms with van der Waals surface area (Å²) in [7, 11) is 0. The smallest absolute Gasteiger partial charge is 0.0693 e. The van der Waals surface area contributed by atoms with E-state index in [4.69, 9.17) is 10.8 Å². The minimum atomic E-state index is -0.231. The van der Waals surface area contributed by atoms with Gasteiger partial charge in [0.25, 0.3) is 0 Å². The fraction of sp³-hybridized carbons (Fsp3) is 1.00. The van der Waals surface area contributed by atoms with Crippen molar-refractivity contribution in [2.45, 2.75) is 31.9 Å². The van der Waals surface area contributed by atoms with E-state index in [0.29, 0.717) is 5.92 Å². The van der Waals surface area contributed by atoms with E-state index in [0.717, 1.165) is 12.8 Å². The summed E-state index contributed by atoms with van der Waals surface area (Å²) >= 11 is 0. The van der Waals surface area contributed by atoms with Crippen molar-refractivity contribution < 1.29 is 5.11 Å². The molecule has 3 atom stereocenters. The van der Waals surface area contributed by atoms with Gasteiger partial charge in [-0.1, -0.05) is 6.92 Å². The quantitative estimate of drug-likeness (QED) is 0.470. The normalized spacial score (nSPS) is 47.6. The number of hydrogen-bond donors (Lipinski definition) is 2. The first-order valence-electron chi connectivity index (χ1n) is 3.15. The predicted octanol–water partition coefficient (Wildman–Crippen LogP) is 0.104. The molecule has 0 aromatic carbocycles. The third kappa shape index (κ3) is 0.858. The molecule has 3 N–H and O–H groups in total. The molecule has 2 nitrogen and oxygen atoms in total. The van der Waals surface area contributed by atoms with Crippen molar-refractivity contribution in [1.29, 1.82) is 0 Å². The molecule has 48 valence electrons. The van der Waals surface area contributed by atoms with Gasteiger partial charge in [-0.25, -0.2) is 0 Å². The van der Waals surface area contributed by atoms with Crippen LogP contribution < -0.4 is 5.73 Å². The predicted molar refractivity (Wildman–Crippen MR) is 32.4 cm³/mol. The van der Waals surface area contributed by atoms with Crippen LogP contribution in [0.2, 0.25) is 0 Å². The van der Waals surface area contributed by atoms with Crippen LogP contribution in [0.3, 0.4) is 0 Å². The van der Waals surface area contributed by atoms with Gasteiger partial charge >= 0.3 is 0 Å². The van der Waals surface area contributed by atoms with E-state index >= 15 is 0 Å². The van der Waals surface area contributed by atoms with Gasteiger partial charge in [-0.3, -0.25) is 0 Å². The first-order valence-corrected chi connectivity index (χ1v) is 3.15. The van der Waals surface area contributed by atoms with E-state index in [2.05, 4.69) is 6.92 Å². The summed E-state index contributed by atoms with van der Waals surface area (Å²) in [5.74, 6) is 0.519. The van der Waals surface area contributed by atoms with Crippen molar-refractivity contribution in [3.05, 3.63) is 0 Å². The lowest BCUT2D eigenvalue weighted by molar-refractivity contribution is 0.158. The molecule has 1 aliphatic rings. The molecule has 0 saturated heterocycles. The molecule has 0 aliphatic heterocycles. The van der Waals surface area contributed by atoms with Crippen molar-refractivity contribution in [1.82, 2.24) is 0 Å². The SMILES string of the molecule is C[C@@H]1CCC(O)C1N. The van der Waals surface area contributed by atoms with E-state index < -0.39 is 0 Å². The zero-order valence-corrected chi connectivity index (χ0v) is 5.17. The maximum absolute atomic E-state index is 9.04. The molecule has 0 heterocycles. The van der Waals surface area contributed by atoms with Gasteiger partial charge in [0.05, 0.1) is 6.10 Å². The Labute approximate surface area is 49.7 Å². The second kappa shape index (κ2) is 2.03. The molecule has 1 rings (SSSR count). The van der Waals surface area contributed by atoms with Crippen molar-refractivity contribution in [3.8, 4) is 0 Å². The van der Waals surface area contributed by atoms with Gasteiger partial charge < -0.3 is 10.8 Å². The summed E-state index contributed by atoms with van der Waals surface area (Å²) < 4.78 is 0. The van der Waals surface area contributed by atoms with Crippen molar-refractivity contribution in [2.75, 3.05) is 0 Å². The zero-order valence-electron chi connectivity index (χ0n) is 5.17. The highest BCUT2D eigenvalue weighted by atomic mass is 16.3. The highest BCUT2D eigenvalue weighted by Crippen LogP contribution is 2.23. The van der Waals surface area contributed by atoms with Gasteiger partial charge in [0.2, 0.25) is 0 Å². The van der Waals surface area contributed by atoms with E-state index in [1.54, 1.807) is 0 Å². The number of aliphatic hydroxyl groups is 1. The molecule has 0 spiro atoms. The van der Waals surface area contributed by atoms with Crippen LogP contribution in [0.5, 0.6) is 0 Å². The van der Waals surface area contributed by atoms with Gasteiger partial charge in [-0.15, -0.1) is 0 Å². The van der Waals surface area contributed by atoms with Crippen molar-refractivity contribution in [3.63, 3.8) is 0 Å². The number of rotatable bonds is 0. The molecule has 1 saturated carbocycles. The topological polar surface area (TPSA) is 46.2 Å². The Kier molecular flexibility index (Phi) is 1.54. The summed E-state index contributed by atoms with van der Waals surface area (Å²) in [6.07, 6.45) is 1.75. The molecular weight excluding hydrogens is 102 g/mol. The van der Waals surface area contributed by atoms with Gasteiger partial charge in [0.15, 0.2) is 0 Å². The zero-order chi connectivity index (χ0) is 6.15. The number of hydrogen-bond acceptors (Lipinski definition) is 2. The van der Waals surface area contributed by atoms with Crippen LogP contribution in [0.25, 0.3) is 0 Å².